The maximum atomic E-state index is 11.9. The van der Waals surface area contributed by atoms with E-state index in [1.807, 2.05) is 27.7 Å². The van der Waals surface area contributed by atoms with Gasteiger partial charge in [-0.2, -0.15) is 0 Å². The fraction of sp³-hybridized carbons (Fsp3) is 0.667. The monoisotopic (exact) mass is 323 g/mol. The Morgan fingerprint density at radius 2 is 1.95 bits per heavy atom. The van der Waals surface area contributed by atoms with Gasteiger partial charge in [0.1, 0.15) is 16.4 Å². The third kappa shape index (κ3) is 4.69. The zero-order valence-electron chi connectivity index (χ0n) is 13.5. The first-order valence-corrected chi connectivity index (χ1v) is 7.83. The molecule has 121 valence electrons. The van der Waals surface area contributed by atoms with Crippen LogP contribution in [0.25, 0.3) is 0 Å². The lowest BCUT2D eigenvalue weighted by Gasteiger charge is -2.40. The van der Waals surface area contributed by atoms with Gasteiger partial charge in [-0.15, -0.1) is 0 Å². The molecule has 6 nitrogen and oxygen atoms in total. The number of carbonyl (C=O) groups excluding carboxylic acids is 1. The Morgan fingerprint density at radius 1 is 1.32 bits per heavy atom. The summed E-state index contributed by atoms with van der Waals surface area (Å²) in [7, 11) is 0. The highest BCUT2D eigenvalue weighted by molar-refractivity contribution is 7.80. The zero-order valence-corrected chi connectivity index (χ0v) is 14.4. The zero-order chi connectivity index (χ0) is 16.4. The molecule has 0 saturated carbocycles. The predicted molar refractivity (Wildman–Crippen MR) is 87.1 cm³/mol. The number of piperidine rings is 1. The molecule has 2 rings (SSSR count). The molecular formula is C15H23N4O2S. The van der Waals surface area contributed by atoms with E-state index in [2.05, 4.69) is 20.2 Å². The van der Waals surface area contributed by atoms with Gasteiger partial charge >= 0.3 is 6.09 Å². The Labute approximate surface area is 137 Å². The van der Waals surface area contributed by atoms with Gasteiger partial charge < -0.3 is 15.0 Å². The largest absolute Gasteiger partial charge is 0.444 e. The molecule has 1 aromatic heterocycles. The van der Waals surface area contributed by atoms with Crippen molar-refractivity contribution in [1.29, 1.82) is 0 Å². The molecule has 22 heavy (non-hydrogen) atoms. The van der Waals surface area contributed by atoms with Crippen molar-refractivity contribution in [3.8, 4) is 0 Å². The fourth-order valence-electron chi connectivity index (χ4n) is 2.38. The maximum Gasteiger partial charge on any atom is 0.408 e. The van der Waals surface area contributed by atoms with Crippen molar-refractivity contribution >= 4 is 24.5 Å². The molecule has 1 radical (unpaired) electrons. The van der Waals surface area contributed by atoms with Crippen molar-refractivity contribution in [3.05, 3.63) is 12.4 Å². The Bertz CT molecular complexity index is 519. The summed E-state index contributed by atoms with van der Waals surface area (Å²) in [4.78, 5) is 22.5. The van der Waals surface area contributed by atoms with Crippen molar-refractivity contribution in [3.63, 3.8) is 0 Å². The number of rotatable bonds is 2. The second-order valence-electron chi connectivity index (χ2n) is 6.89. The van der Waals surface area contributed by atoms with Crippen LogP contribution in [-0.4, -0.2) is 40.3 Å². The van der Waals surface area contributed by atoms with Crippen LogP contribution in [-0.2, 0) is 4.74 Å². The topological polar surface area (TPSA) is 67.3 Å². The van der Waals surface area contributed by atoms with Crippen LogP contribution in [0.15, 0.2) is 17.4 Å². The normalized spacial score (nSPS) is 17.9. The SMILES string of the molecule is CC1(NC(=O)OC(C)(C)C)CCN(c2cnc([S])cn2)CC1. The molecule has 0 spiro atoms. The van der Waals surface area contributed by atoms with Crippen LogP contribution >= 0.6 is 12.6 Å². The van der Waals surface area contributed by atoms with Crippen molar-refractivity contribution in [2.45, 2.75) is 56.7 Å². The van der Waals surface area contributed by atoms with Gasteiger partial charge in [-0.3, -0.25) is 0 Å². The van der Waals surface area contributed by atoms with Crippen LogP contribution < -0.4 is 10.2 Å². The van der Waals surface area contributed by atoms with Gasteiger partial charge in [-0.1, -0.05) is 12.6 Å². The van der Waals surface area contributed by atoms with E-state index in [1.54, 1.807) is 12.4 Å². The smallest absolute Gasteiger partial charge is 0.408 e. The van der Waals surface area contributed by atoms with Gasteiger partial charge in [0.25, 0.3) is 0 Å². The van der Waals surface area contributed by atoms with Crippen molar-refractivity contribution in [2.75, 3.05) is 18.0 Å². The minimum absolute atomic E-state index is 0.260. The molecule has 0 unspecified atom stereocenters. The van der Waals surface area contributed by atoms with Gasteiger partial charge in [0, 0.05) is 18.6 Å². The van der Waals surface area contributed by atoms with Crippen LogP contribution in [0.2, 0.25) is 0 Å². The highest BCUT2D eigenvalue weighted by Gasteiger charge is 2.33. The highest BCUT2D eigenvalue weighted by Crippen LogP contribution is 2.25. The molecule has 2 heterocycles. The summed E-state index contributed by atoms with van der Waals surface area (Å²) in [6.45, 7) is 9.23. The lowest BCUT2D eigenvalue weighted by Crippen LogP contribution is -2.54. The van der Waals surface area contributed by atoms with Crippen molar-refractivity contribution in [2.24, 2.45) is 0 Å². The van der Waals surface area contributed by atoms with E-state index in [4.69, 9.17) is 17.4 Å². The number of alkyl carbamates (subject to hydrolysis) is 1. The molecule has 1 N–H and O–H groups in total. The second-order valence-corrected chi connectivity index (χ2v) is 7.31. The van der Waals surface area contributed by atoms with E-state index in [9.17, 15) is 4.79 Å². The van der Waals surface area contributed by atoms with E-state index >= 15 is 0 Å². The summed E-state index contributed by atoms with van der Waals surface area (Å²) in [6, 6.07) is 0. The molecule has 1 saturated heterocycles. The number of ether oxygens (including phenoxy) is 1. The van der Waals surface area contributed by atoms with Crippen LogP contribution in [0.3, 0.4) is 0 Å². The Morgan fingerprint density at radius 3 is 2.45 bits per heavy atom. The van der Waals surface area contributed by atoms with E-state index in [1.165, 1.54) is 0 Å². The average molecular weight is 323 g/mol. The van der Waals surface area contributed by atoms with E-state index < -0.39 is 5.60 Å². The van der Waals surface area contributed by atoms with Gasteiger partial charge in [0.2, 0.25) is 0 Å². The van der Waals surface area contributed by atoms with Crippen LogP contribution in [0.1, 0.15) is 40.5 Å². The van der Waals surface area contributed by atoms with Gasteiger partial charge in [0.15, 0.2) is 0 Å². The molecule has 0 aromatic carbocycles. The quantitative estimate of drug-likeness (QED) is 0.906. The standard InChI is InChI=1S/C15H23N4O2S/c1-14(2,3)21-13(20)18-15(4)5-7-19(8-6-15)11-9-17-12(22)10-16-11/h9-10H,5-8H2,1-4H3,(H,18,20). The molecule has 1 fully saturated rings. The van der Waals surface area contributed by atoms with Crippen LogP contribution in [0.4, 0.5) is 10.6 Å². The summed E-state index contributed by atoms with van der Waals surface area (Å²) in [5.74, 6) is 0.827. The predicted octanol–water partition coefficient (Wildman–Crippen LogP) is 2.92. The summed E-state index contributed by atoms with van der Waals surface area (Å²) in [5.41, 5.74) is -0.743. The van der Waals surface area contributed by atoms with Crippen molar-refractivity contribution < 1.29 is 9.53 Å². The molecule has 0 atom stereocenters. The second kappa shape index (κ2) is 6.24. The molecule has 0 bridgehead atoms. The first-order valence-electron chi connectivity index (χ1n) is 7.42. The number of nitrogens with zero attached hydrogens (tertiary/aromatic N) is 3. The molecule has 0 aliphatic carbocycles. The van der Waals surface area contributed by atoms with E-state index in [0.29, 0.717) is 5.03 Å². The number of nitrogens with one attached hydrogen (secondary N) is 1. The van der Waals surface area contributed by atoms with E-state index in [-0.39, 0.29) is 11.6 Å². The number of hydrogen-bond donors (Lipinski definition) is 1. The molecule has 7 heteroatoms. The molecule has 1 aromatic rings. The molecule has 1 aliphatic heterocycles. The van der Waals surface area contributed by atoms with Gasteiger partial charge in [0.05, 0.1) is 12.4 Å². The summed E-state index contributed by atoms with van der Waals surface area (Å²) in [6.07, 6.45) is 4.58. The Hall–Kier alpha value is -1.63. The average Bonchev–Trinajstić information content (AvgIpc) is 2.38. The third-order valence-electron chi connectivity index (χ3n) is 3.61. The minimum atomic E-state index is -0.483. The van der Waals surface area contributed by atoms with Crippen molar-refractivity contribution in [1.82, 2.24) is 15.3 Å². The minimum Gasteiger partial charge on any atom is -0.444 e. The van der Waals surface area contributed by atoms with Gasteiger partial charge in [-0.05, 0) is 40.5 Å². The summed E-state index contributed by atoms with van der Waals surface area (Å²) < 4.78 is 5.33. The molecular weight excluding hydrogens is 300 g/mol. The number of anilines is 1. The summed E-state index contributed by atoms with van der Waals surface area (Å²) >= 11 is 4.95. The first-order chi connectivity index (χ1) is 10.2. The van der Waals surface area contributed by atoms with E-state index in [0.717, 1.165) is 31.7 Å². The number of amides is 1. The first kappa shape index (κ1) is 16.7. The number of hydrogen-bond acceptors (Lipinski definition) is 5. The summed E-state index contributed by atoms with van der Waals surface area (Å²) in [5, 5.41) is 3.49. The lowest BCUT2D eigenvalue weighted by atomic mass is 9.90. The number of carbonyl (C=O) groups is 1. The third-order valence-corrected chi connectivity index (χ3v) is 3.82. The fourth-order valence-corrected chi connectivity index (χ4v) is 2.48. The number of aromatic nitrogens is 2. The molecule has 1 amide bonds. The Balaban J connectivity index is 1.90. The lowest BCUT2D eigenvalue weighted by molar-refractivity contribution is 0.0448. The Kier molecular flexibility index (Phi) is 4.75. The van der Waals surface area contributed by atoms with Crippen LogP contribution in [0.5, 0.6) is 0 Å². The maximum absolute atomic E-state index is 11.9. The van der Waals surface area contributed by atoms with Gasteiger partial charge in [-0.25, -0.2) is 14.8 Å². The highest BCUT2D eigenvalue weighted by atomic mass is 32.1. The molecule has 1 aliphatic rings. The van der Waals surface area contributed by atoms with Crippen LogP contribution in [0, 0.1) is 0 Å².